The zero-order chi connectivity index (χ0) is 10.0. The van der Waals surface area contributed by atoms with Crippen LogP contribution >= 0.6 is 11.6 Å². The summed E-state index contributed by atoms with van der Waals surface area (Å²) >= 11 is 5.88. The van der Waals surface area contributed by atoms with E-state index in [0.29, 0.717) is 5.02 Å². The highest BCUT2D eigenvalue weighted by atomic mass is 35.5. The zero-order valence-electron chi connectivity index (χ0n) is 7.90. The first kappa shape index (κ1) is 10.3. The Labute approximate surface area is 82.5 Å². The van der Waals surface area contributed by atoms with Gasteiger partial charge in [-0.3, -0.25) is 0 Å². The van der Waals surface area contributed by atoms with Crippen LogP contribution < -0.4 is 4.74 Å². The summed E-state index contributed by atoms with van der Waals surface area (Å²) in [5, 5.41) is 0.355. The number of aryl methyl sites for hydroxylation is 1. The van der Waals surface area contributed by atoms with Crippen molar-refractivity contribution in [1.29, 1.82) is 0 Å². The number of ether oxygens (including phenoxy) is 1. The number of hydrogen-bond donors (Lipinski definition) is 0. The second kappa shape index (κ2) is 3.97. The van der Waals surface area contributed by atoms with Gasteiger partial charge in [-0.25, -0.2) is 4.39 Å². The van der Waals surface area contributed by atoms with Crippen molar-refractivity contribution in [1.82, 2.24) is 0 Å². The van der Waals surface area contributed by atoms with Gasteiger partial charge in [0.05, 0.1) is 11.1 Å². The number of benzene rings is 1. The van der Waals surface area contributed by atoms with Gasteiger partial charge in [0, 0.05) is 0 Å². The summed E-state index contributed by atoms with van der Waals surface area (Å²) in [4.78, 5) is 0. The van der Waals surface area contributed by atoms with E-state index in [4.69, 9.17) is 16.3 Å². The van der Waals surface area contributed by atoms with Crippen molar-refractivity contribution in [3.05, 3.63) is 28.5 Å². The van der Waals surface area contributed by atoms with Crippen molar-refractivity contribution < 1.29 is 9.13 Å². The molecule has 0 fully saturated rings. The lowest BCUT2D eigenvalue weighted by molar-refractivity contribution is 0.231. The van der Waals surface area contributed by atoms with Crippen LogP contribution in [0.4, 0.5) is 4.39 Å². The van der Waals surface area contributed by atoms with Crippen LogP contribution in [0, 0.1) is 12.7 Å². The number of halogens is 2. The Morgan fingerprint density at radius 1 is 1.38 bits per heavy atom. The van der Waals surface area contributed by atoms with Crippen LogP contribution in [0.3, 0.4) is 0 Å². The fourth-order valence-corrected chi connectivity index (χ4v) is 1.17. The molecule has 0 spiro atoms. The van der Waals surface area contributed by atoms with Crippen molar-refractivity contribution >= 4 is 11.6 Å². The Hall–Kier alpha value is -0.760. The van der Waals surface area contributed by atoms with Crippen LogP contribution in [-0.4, -0.2) is 6.10 Å². The lowest BCUT2D eigenvalue weighted by Gasteiger charge is -2.13. The van der Waals surface area contributed by atoms with Gasteiger partial charge in [-0.05, 0) is 32.4 Å². The van der Waals surface area contributed by atoms with E-state index >= 15 is 0 Å². The number of hydrogen-bond acceptors (Lipinski definition) is 1. The van der Waals surface area contributed by atoms with Gasteiger partial charge < -0.3 is 4.74 Å². The normalized spacial score (nSPS) is 10.6. The summed E-state index contributed by atoms with van der Waals surface area (Å²) in [6.45, 7) is 5.48. The second-order valence-corrected chi connectivity index (χ2v) is 3.55. The molecule has 1 aromatic rings. The lowest BCUT2D eigenvalue weighted by atomic mass is 10.2. The molecule has 0 aliphatic heterocycles. The predicted molar refractivity (Wildman–Crippen MR) is 51.9 cm³/mol. The quantitative estimate of drug-likeness (QED) is 0.713. The summed E-state index contributed by atoms with van der Waals surface area (Å²) in [5.74, 6) is -0.263. The van der Waals surface area contributed by atoms with Gasteiger partial charge in [-0.15, -0.1) is 0 Å². The molecule has 0 unspecified atom stereocenters. The van der Waals surface area contributed by atoms with Crippen LogP contribution in [-0.2, 0) is 0 Å². The first-order valence-electron chi connectivity index (χ1n) is 4.13. The van der Waals surface area contributed by atoms with Gasteiger partial charge in [0.2, 0.25) is 0 Å². The molecule has 0 saturated heterocycles. The summed E-state index contributed by atoms with van der Waals surface area (Å²) in [7, 11) is 0. The molecule has 1 rings (SSSR count). The Bertz CT molecular complexity index is 310. The van der Waals surface area contributed by atoms with E-state index in [0.717, 1.165) is 5.56 Å². The van der Waals surface area contributed by atoms with E-state index in [1.165, 1.54) is 6.07 Å². The van der Waals surface area contributed by atoms with E-state index in [-0.39, 0.29) is 11.9 Å². The van der Waals surface area contributed by atoms with Crippen molar-refractivity contribution in [3.8, 4) is 5.75 Å². The molecule has 0 N–H and O–H groups in total. The molecular formula is C10H12ClFO. The largest absolute Gasteiger partial charge is 0.486 e. The molecule has 0 saturated carbocycles. The molecule has 0 aliphatic carbocycles. The van der Waals surface area contributed by atoms with Gasteiger partial charge in [0.1, 0.15) is 0 Å². The smallest absolute Gasteiger partial charge is 0.174 e. The van der Waals surface area contributed by atoms with Gasteiger partial charge >= 0.3 is 0 Å². The Morgan fingerprint density at radius 3 is 2.54 bits per heavy atom. The molecule has 0 radical (unpaired) electrons. The molecule has 0 atom stereocenters. The molecule has 0 amide bonds. The average Bonchev–Trinajstić information content (AvgIpc) is 2.05. The highest BCUT2D eigenvalue weighted by molar-refractivity contribution is 6.32. The van der Waals surface area contributed by atoms with E-state index in [1.54, 1.807) is 6.07 Å². The summed E-state index contributed by atoms with van der Waals surface area (Å²) < 4.78 is 18.4. The molecule has 72 valence electrons. The summed E-state index contributed by atoms with van der Waals surface area (Å²) in [5.41, 5.74) is 0.818. The standard InChI is InChI=1S/C10H12ClFO/c1-6(2)13-10-8(12)5-4-7(3)9(10)11/h4-6H,1-3H3. The monoisotopic (exact) mass is 202 g/mol. The van der Waals surface area contributed by atoms with Gasteiger partial charge in [-0.1, -0.05) is 17.7 Å². The Kier molecular flexibility index (Phi) is 3.15. The van der Waals surface area contributed by atoms with Crippen LogP contribution in [0.1, 0.15) is 19.4 Å². The first-order valence-corrected chi connectivity index (χ1v) is 4.51. The van der Waals surface area contributed by atoms with Crippen LogP contribution in [0.2, 0.25) is 5.02 Å². The van der Waals surface area contributed by atoms with Crippen LogP contribution in [0.5, 0.6) is 5.75 Å². The summed E-state index contributed by atoms with van der Waals surface area (Å²) in [6.07, 6.45) is -0.0752. The minimum atomic E-state index is -0.413. The maximum atomic E-state index is 13.2. The van der Waals surface area contributed by atoms with Crippen LogP contribution in [0.25, 0.3) is 0 Å². The SMILES string of the molecule is Cc1ccc(F)c(OC(C)C)c1Cl. The number of rotatable bonds is 2. The topological polar surface area (TPSA) is 9.23 Å². The molecule has 1 nitrogen and oxygen atoms in total. The molecule has 0 aliphatic rings. The third-order valence-corrected chi connectivity index (χ3v) is 2.07. The second-order valence-electron chi connectivity index (χ2n) is 3.17. The average molecular weight is 203 g/mol. The fraction of sp³-hybridized carbons (Fsp3) is 0.400. The lowest BCUT2D eigenvalue weighted by Crippen LogP contribution is -2.07. The minimum absolute atomic E-state index is 0.0752. The molecule has 0 bridgehead atoms. The van der Waals surface area contributed by atoms with E-state index in [9.17, 15) is 4.39 Å². The van der Waals surface area contributed by atoms with Gasteiger partial charge in [0.25, 0.3) is 0 Å². The van der Waals surface area contributed by atoms with Crippen molar-refractivity contribution in [2.24, 2.45) is 0 Å². The van der Waals surface area contributed by atoms with E-state index < -0.39 is 5.82 Å². The summed E-state index contributed by atoms with van der Waals surface area (Å²) in [6, 6.07) is 2.99. The van der Waals surface area contributed by atoms with Crippen molar-refractivity contribution in [2.45, 2.75) is 26.9 Å². The van der Waals surface area contributed by atoms with Crippen molar-refractivity contribution in [2.75, 3.05) is 0 Å². The molecule has 0 heterocycles. The zero-order valence-corrected chi connectivity index (χ0v) is 8.65. The molecular weight excluding hydrogens is 191 g/mol. The first-order chi connectivity index (χ1) is 6.02. The molecule has 13 heavy (non-hydrogen) atoms. The minimum Gasteiger partial charge on any atom is -0.486 e. The van der Waals surface area contributed by atoms with Crippen LogP contribution in [0.15, 0.2) is 12.1 Å². The highest BCUT2D eigenvalue weighted by Gasteiger charge is 2.11. The maximum absolute atomic E-state index is 13.2. The van der Waals surface area contributed by atoms with E-state index in [1.807, 2.05) is 20.8 Å². The predicted octanol–water partition coefficient (Wildman–Crippen LogP) is 3.57. The molecule has 0 aromatic heterocycles. The third kappa shape index (κ3) is 2.34. The van der Waals surface area contributed by atoms with Gasteiger partial charge in [-0.2, -0.15) is 0 Å². The van der Waals surface area contributed by atoms with E-state index in [2.05, 4.69) is 0 Å². The van der Waals surface area contributed by atoms with Crippen molar-refractivity contribution in [3.63, 3.8) is 0 Å². The molecule has 1 aromatic carbocycles. The fourth-order valence-electron chi connectivity index (χ4n) is 0.975. The molecule has 3 heteroatoms. The van der Waals surface area contributed by atoms with Gasteiger partial charge in [0.15, 0.2) is 11.6 Å². The Balaban J connectivity index is 3.10. The highest BCUT2D eigenvalue weighted by Crippen LogP contribution is 2.31. The Morgan fingerprint density at radius 2 is 2.00 bits per heavy atom. The maximum Gasteiger partial charge on any atom is 0.174 e. The third-order valence-electron chi connectivity index (χ3n) is 1.60.